The van der Waals surface area contributed by atoms with E-state index in [2.05, 4.69) is 24.5 Å². The third-order valence-corrected chi connectivity index (χ3v) is 2.16. The van der Waals surface area contributed by atoms with Gasteiger partial charge in [0, 0.05) is 13.1 Å². The Morgan fingerprint density at radius 3 is 2.60 bits per heavy atom. The van der Waals surface area contributed by atoms with Crippen molar-refractivity contribution in [1.29, 1.82) is 0 Å². The molecule has 2 N–H and O–H groups in total. The monoisotopic (exact) mass is 230 g/mol. The van der Waals surface area contributed by atoms with E-state index >= 15 is 0 Å². The molecular formula is C11H19ClN2O. The molecule has 0 aliphatic heterocycles. The minimum atomic E-state index is 0.449. The van der Waals surface area contributed by atoms with Crippen LogP contribution < -0.4 is 10.6 Å². The molecular weight excluding hydrogens is 212 g/mol. The molecule has 0 fully saturated rings. The van der Waals surface area contributed by atoms with Gasteiger partial charge in [-0.3, -0.25) is 0 Å². The first-order valence-corrected chi connectivity index (χ1v) is 5.72. The summed E-state index contributed by atoms with van der Waals surface area (Å²) in [6.07, 6.45) is 0. The Morgan fingerprint density at radius 1 is 1.27 bits per heavy atom. The van der Waals surface area contributed by atoms with Crippen LogP contribution in [-0.2, 0) is 6.54 Å². The fourth-order valence-electron chi connectivity index (χ4n) is 1.23. The topological polar surface area (TPSA) is 37.2 Å². The Balaban J connectivity index is 1.98. The van der Waals surface area contributed by atoms with Crippen LogP contribution in [0.4, 0.5) is 0 Å². The highest BCUT2D eigenvalue weighted by atomic mass is 35.5. The zero-order valence-corrected chi connectivity index (χ0v) is 10.1. The van der Waals surface area contributed by atoms with Gasteiger partial charge < -0.3 is 15.1 Å². The summed E-state index contributed by atoms with van der Waals surface area (Å²) < 4.78 is 5.21. The minimum absolute atomic E-state index is 0.449. The van der Waals surface area contributed by atoms with Crippen LogP contribution in [0.15, 0.2) is 16.5 Å². The first-order chi connectivity index (χ1) is 7.18. The molecule has 0 unspecified atom stereocenters. The molecule has 1 rings (SSSR count). The number of halogens is 1. The molecule has 1 heterocycles. The fraction of sp³-hybridized carbons (Fsp3) is 0.636. The van der Waals surface area contributed by atoms with Crippen molar-refractivity contribution in [2.45, 2.75) is 20.4 Å². The predicted molar refractivity (Wildman–Crippen MR) is 63.1 cm³/mol. The Morgan fingerprint density at radius 2 is 2.00 bits per heavy atom. The van der Waals surface area contributed by atoms with Gasteiger partial charge in [0.25, 0.3) is 0 Å². The summed E-state index contributed by atoms with van der Waals surface area (Å²) in [5.74, 6) is 1.58. The fourth-order valence-corrected chi connectivity index (χ4v) is 1.39. The van der Waals surface area contributed by atoms with Crippen LogP contribution in [0.25, 0.3) is 0 Å². The van der Waals surface area contributed by atoms with Crippen LogP contribution in [0.2, 0.25) is 5.22 Å². The first-order valence-electron chi connectivity index (χ1n) is 5.34. The van der Waals surface area contributed by atoms with Gasteiger partial charge in [0.15, 0.2) is 5.22 Å². The second-order valence-electron chi connectivity index (χ2n) is 3.98. The number of furan rings is 1. The lowest BCUT2D eigenvalue weighted by Gasteiger charge is -2.07. The molecule has 86 valence electrons. The molecule has 0 bridgehead atoms. The standard InChI is InChI=1S/C11H19ClN2O/c1-9(2)7-13-5-6-14-8-10-3-4-11(12)15-10/h3-4,9,13-14H,5-8H2,1-2H3. The molecule has 0 aromatic carbocycles. The lowest BCUT2D eigenvalue weighted by molar-refractivity contribution is 0.476. The van der Waals surface area contributed by atoms with Crippen LogP contribution in [0, 0.1) is 5.92 Å². The molecule has 15 heavy (non-hydrogen) atoms. The summed E-state index contributed by atoms with van der Waals surface area (Å²) in [7, 11) is 0. The Bertz CT molecular complexity index is 273. The van der Waals surface area contributed by atoms with Gasteiger partial charge in [-0.2, -0.15) is 0 Å². The largest absolute Gasteiger partial charge is 0.448 e. The Labute approximate surface area is 96.2 Å². The number of nitrogens with one attached hydrogen (secondary N) is 2. The molecule has 0 atom stereocenters. The summed E-state index contributed by atoms with van der Waals surface area (Å²) in [4.78, 5) is 0. The number of rotatable bonds is 7. The van der Waals surface area contributed by atoms with Crippen molar-refractivity contribution in [3.63, 3.8) is 0 Å². The van der Waals surface area contributed by atoms with Crippen molar-refractivity contribution in [2.75, 3.05) is 19.6 Å². The summed E-state index contributed by atoms with van der Waals surface area (Å²) in [6, 6.07) is 3.65. The molecule has 0 saturated carbocycles. The third-order valence-electron chi connectivity index (χ3n) is 1.96. The summed E-state index contributed by atoms with van der Waals surface area (Å²) in [5.41, 5.74) is 0. The van der Waals surface area contributed by atoms with Crippen molar-refractivity contribution in [2.24, 2.45) is 5.92 Å². The van der Waals surface area contributed by atoms with Gasteiger partial charge in [0.05, 0.1) is 6.54 Å². The van der Waals surface area contributed by atoms with E-state index in [1.54, 1.807) is 6.07 Å². The lowest BCUT2D eigenvalue weighted by atomic mass is 10.2. The van der Waals surface area contributed by atoms with E-state index < -0.39 is 0 Å². The van der Waals surface area contributed by atoms with Gasteiger partial charge >= 0.3 is 0 Å². The summed E-state index contributed by atoms with van der Waals surface area (Å²) in [6.45, 7) is 8.11. The zero-order chi connectivity index (χ0) is 11.1. The first kappa shape index (κ1) is 12.6. The average Bonchev–Trinajstić information content (AvgIpc) is 2.57. The van der Waals surface area contributed by atoms with Crippen molar-refractivity contribution in [3.05, 3.63) is 23.1 Å². The molecule has 0 radical (unpaired) electrons. The van der Waals surface area contributed by atoms with Gasteiger partial charge in [-0.05, 0) is 36.2 Å². The zero-order valence-electron chi connectivity index (χ0n) is 9.35. The second-order valence-corrected chi connectivity index (χ2v) is 4.35. The normalized spacial score (nSPS) is 11.2. The molecule has 1 aromatic rings. The SMILES string of the molecule is CC(C)CNCCNCc1ccc(Cl)o1. The van der Waals surface area contributed by atoms with E-state index in [-0.39, 0.29) is 0 Å². The molecule has 3 nitrogen and oxygen atoms in total. The van der Waals surface area contributed by atoms with Crippen LogP contribution in [-0.4, -0.2) is 19.6 Å². The van der Waals surface area contributed by atoms with E-state index in [0.717, 1.165) is 31.9 Å². The smallest absolute Gasteiger partial charge is 0.193 e. The van der Waals surface area contributed by atoms with E-state index in [1.165, 1.54) is 0 Å². The second kappa shape index (κ2) is 6.88. The van der Waals surface area contributed by atoms with Gasteiger partial charge in [-0.1, -0.05) is 13.8 Å². The summed E-state index contributed by atoms with van der Waals surface area (Å²) >= 11 is 5.65. The molecule has 0 aliphatic rings. The predicted octanol–water partition coefficient (Wildman–Crippen LogP) is 2.27. The highest BCUT2D eigenvalue weighted by molar-refractivity contribution is 6.28. The molecule has 0 spiro atoms. The molecule has 0 amide bonds. The number of hydrogen-bond acceptors (Lipinski definition) is 3. The third kappa shape index (κ3) is 5.82. The summed E-state index contributed by atoms with van der Waals surface area (Å²) in [5, 5.41) is 7.08. The molecule has 0 aliphatic carbocycles. The number of hydrogen-bond donors (Lipinski definition) is 2. The van der Waals surface area contributed by atoms with Gasteiger partial charge in [-0.15, -0.1) is 0 Å². The van der Waals surface area contributed by atoms with Gasteiger partial charge in [0.2, 0.25) is 0 Å². The highest BCUT2D eigenvalue weighted by Gasteiger charge is 1.98. The minimum Gasteiger partial charge on any atom is -0.448 e. The quantitative estimate of drug-likeness (QED) is 0.706. The Kier molecular flexibility index (Phi) is 5.76. The molecule has 1 aromatic heterocycles. The van der Waals surface area contributed by atoms with Crippen LogP contribution >= 0.6 is 11.6 Å². The maximum atomic E-state index is 5.65. The van der Waals surface area contributed by atoms with Crippen molar-refractivity contribution in [3.8, 4) is 0 Å². The molecule has 4 heteroatoms. The maximum absolute atomic E-state index is 5.65. The van der Waals surface area contributed by atoms with Gasteiger partial charge in [-0.25, -0.2) is 0 Å². The van der Waals surface area contributed by atoms with E-state index in [0.29, 0.717) is 11.1 Å². The average molecular weight is 231 g/mol. The van der Waals surface area contributed by atoms with Crippen molar-refractivity contribution < 1.29 is 4.42 Å². The van der Waals surface area contributed by atoms with Crippen LogP contribution in [0.5, 0.6) is 0 Å². The van der Waals surface area contributed by atoms with Crippen LogP contribution in [0.3, 0.4) is 0 Å². The Hall–Kier alpha value is -0.510. The maximum Gasteiger partial charge on any atom is 0.193 e. The van der Waals surface area contributed by atoms with E-state index in [9.17, 15) is 0 Å². The van der Waals surface area contributed by atoms with Crippen molar-refractivity contribution in [1.82, 2.24) is 10.6 Å². The van der Waals surface area contributed by atoms with E-state index in [1.807, 2.05) is 6.07 Å². The van der Waals surface area contributed by atoms with Gasteiger partial charge in [0.1, 0.15) is 5.76 Å². The van der Waals surface area contributed by atoms with Crippen molar-refractivity contribution >= 4 is 11.6 Å². The molecule has 0 saturated heterocycles. The van der Waals surface area contributed by atoms with Crippen LogP contribution in [0.1, 0.15) is 19.6 Å². The highest BCUT2D eigenvalue weighted by Crippen LogP contribution is 2.12. The lowest BCUT2D eigenvalue weighted by Crippen LogP contribution is -2.29. The van der Waals surface area contributed by atoms with E-state index in [4.69, 9.17) is 16.0 Å².